The van der Waals surface area contributed by atoms with Gasteiger partial charge in [0.15, 0.2) is 0 Å². The maximum absolute atomic E-state index is 9.92. The van der Waals surface area contributed by atoms with Gasteiger partial charge in [-0.3, -0.25) is 0 Å². The second-order valence-electron chi connectivity index (χ2n) is 5.39. The van der Waals surface area contributed by atoms with Crippen molar-refractivity contribution in [2.75, 3.05) is 0 Å². The van der Waals surface area contributed by atoms with Crippen LogP contribution in [-0.4, -0.2) is 13.1 Å². The molecule has 0 unspecified atom stereocenters. The maximum Gasteiger partial charge on any atom is 0.213 e. The van der Waals surface area contributed by atoms with E-state index in [0.29, 0.717) is 0 Å². The molecule has 0 aliphatic rings. The largest absolute Gasteiger partial charge is 0.428 e. The van der Waals surface area contributed by atoms with Crippen molar-refractivity contribution in [3.63, 3.8) is 0 Å². The molecule has 0 fully saturated rings. The minimum Gasteiger partial charge on any atom is -0.428 e. The molecule has 0 atom stereocenters. The van der Waals surface area contributed by atoms with Crippen molar-refractivity contribution in [2.24, 2.45) is 0 Å². The molecule has 14 heavy (non-hydrogen) atoms. The second kappa shape index (κ2) is 3.52. The molecule has 0 radical (unpaired) electrons. The third kappa shape index (κ3) is 2.69. The third-order valence-electron chi connectivity index (χ3n) is 2.46. The molecular weight excluding hydrogens is 188 g/mol. The van der Waals surface area contributed by atoms with Gasteiger partial charge in [-0.2, -0.15) is 0 Å². The zero-order valence-corrected chi connectivity index (χ0v) is 10.8. The molecule has 0 spiro atoms. The first-order valence-corrected chi connectivity index (χ1v) is 7.99. The fourth-order valence-electron chi connectivity index (χ4n) is 1.38. The highest BCUT2D eigenvalue weighted by Gasteiger charge is 2.21. The number of benzene rings is 1. The highest BCUT2D eigenvalue weighted by molar-refractivity contribution is 6.83. The van der Waals surface area contributed by atoms with E-state index in [1.165, 1.54) is 5.56 Å². The fraction of sp³-hybridized carbons (Fsp3) is 0.500. The van der Waals surface area contributed by atoms with Crippen molar-refractivity contribution in [1.29, 1.82) is 0 Å². The highest BCUT2D eigenvalue weighted by atomic mass is 28.4. The van der Waals surface area contributed by atoms with E-state index < -0.39 is 8.32 Å². The summed E-state index contributed by atoms with van der Waals surface area (Å²) in [6.45, 7) is 10.5. The highest BCUT2D eigenvalue weighted by Crippen LogP contribution is 2.21. The van der Waals surface area contributed by atoms with E-state index in [1.807, 2.05) is 13.1 Å². The number of rotatable bonds is 1. The lowest BCUT2D eigenvalue weighted by molar-refractivity contribution is 0.568. The normalized spacial score (nSPS) is 13.0. The molecule has 0 bridgehead atoms. The van der Waals surface area contributed by atoms with Gasteiger partial charge in [-0.15, -0.1) is 0 Å². The van der Waals surface area contributed by atoms with Gasteiger partial charge in [0, 0.05) is 0 Å². The molecule has 0 aromatic heterocycles. The zero-order valence-electron chi connectivity index (χ0n) is 9.76. The molecule has 1 rings (SSSR count). The Morgan fingerprint density at radius 1 is 1.00 bits per heavy atom. The minimum absolute atomic E-state index is 0.194. The summed E-state index contributed by atoms with van der Waals surface area (Å²) < 4.78 is 0. The van der Waals surface area contributed by atoms with Crippen LogP contribution in [0.3, 0.4) is 0 Å². The van der Waals surface area contributed by atoms with E-state index >= 15 is 0 Å². The molecule has 0 saturated heterocycles. The quantitative estimate of drug-likeness (QED) is 0.703. The van der Waals surface area contributed by atoms with Gasteiger partial charge in [0.2, 0.25) is 8.32 Å². The average Bonchev–Trinajstić information content (AvgIpc) is 2.01. The lowest BCUT2D eigenvalue weighted by atomic mass is 9.87. The van der Waals surface area contributed by atoms with Crippen LogP contribution in [0.25, 0.3) is 0 Å². The summed E-state index contributed by atoms with van der Waals surface area (Å²) in [5.41, 5.74) is 1.51. The average molecular weight is 208 g/mol. The van der Waals surface area contributed by atoms with Gasteiger partial charge in [-0.25, -0.2) is 0 Å². The SMILES string of the molecule is CC(C)(C)c1ccc([Si](C)(C)O)cc1. The summed E-state index contributed by atoms with van der Waals surface area (Å²) in [5.74, 6) is 0. The van der Waals surface area contributed by atoms with E-state index in [1.54, 1.807) is 0 Å². The fourth-order valence-corrected chi connectivity index (χ4v) is 2.36. The molecule has 1 nitrogen and oxygen atoms in total. The molecule has 2 heteroatoms. The molecule has 0 amide bonds. The topological polar surface area (TPSA) is 20.2 Å². The van der Waals surface area contributed by atoms with E-state index in [2.05, 4.69) is 45.0 Å². The minimum atomic E-state index is -2.12. The zero-order chi connectivity index (χ0) is 11.0. The summed E-state index contributed by atoms with van der Waals surface area (Å²) in [6.07, 6.45) is 0. The van der Waals surface area contributed by atoms with Crippen LogP contribution in [0.1, 0.15) is 26.3 Å². The summed E-state index contributed by atoms with van der Waals surface area (Å²) in [6, 6.07) is 8.38. The Bertz CT molecular complexity index is 268. The first kappa shape index (κ1) is 11.5. The molecule has 1 aromatic rings. The lowest BCUT2D eigenvalue weighted by Crippen LogP contribution is -2.41. The number of hydrogen-bond donors (Lipinski definition) is 1. The monoisotopic (exact) mass is 208 g/mol. The molecule has 0 aliphatic carbocycles. The van der Waals surface area contributed by atoms with Crippen LogP contribution < -0.4 is 5.19 Å². The molecule has 1 N–H and O–H groups in total. The van der Waals surface area contributed by atoms with Crippen molar-refractivity contribution in [2.45, 2.75) is 39.3 Å². The molecule has 78 valence electrons. The van der Waals surface area contributed by atoms with Crippen LogP contribution in [0, 0.1) is 0 Å². The van der Waals surface area contributed by atoms with Crippen molar-refractivity contribution >= 4 is 13.5 Å². The van der Waals surface area contributed by atoms with E-state index in [0.717, 1.165) is 5.19 Å². The molecule has 0 heterocycles. The summed E-state index contributed by atoms with van der Waals surface area (Å²) in [7, 11) is -2.12. The van der Waals surface area contributed by atoms with Gasteiger partial charge in [0.1, 0.15) is 0 Å². The predicted molar refractivity (Wildman–Crippen MR) is 64.5 cm³/mol. The van der Waals surface area contributed by atoms with Crippen molar-refractivity contribution in [1.82, 2.24) is 0 Å². The first-order chi connectivity index (χ1) is 6.21. The third-order valence-corrected chi connectivity index (χ3v) is 4.20. The lowest BCUT2D eigenvalue weighted by Gasteiger charge is -2.21. The standard InChI is InChI=1S/C12H20OSi/c1-12(2,3)10-6-8-11(9-7-10)14(4,5)13/h6-9,13H,1-5H3. The van der Waals surface area contributed by atoms with Gasteiger partial charge in [0.05, 0.1) is 0 Å². The Morgan fingerprint density at radius 2 is 1.43 bits per heavy atom. The molecule has 0 aliphatic heterocycles. The smallest absolute Gasteiger partial charge is 0.213 e. The Hall–Kier alpha value is -0.603. The first-order valence-electron chi connectivity index (χ1n) is 5.04. The van der Waals surface area contributed by atoms with Gasteiger partial charge in [-0.1, -0.05) is 45.0 Å². The summed E-state index contributed by atoms with van der Waals surface area (Å²) in [4.78, 5) is 9.92. The second-order valence-corrected chi connectivity index (χ2v) is 9.08. The van der Waals surface area contributed by atoms with Crippen molar-refractivity contribution in [3.05, 3.63) is 29.8 Å². The van der Waals surface area contributed by atoms with Gasteiger partial charge < -0.3 is 4.80 Å². The molecular formula is C12H20OSi. The Labute approximate surface area is 87.9 Å². The van der Waals surface area contributed by atoms with Gasteiger partial charge in [-0.05, 0) is 29.3 Å². The van der Waals surface area contributed by atoms with Crippen molar-refractivity contribution in [3.8, 4) is 0 Å². The van der Waals surface area contributed by atoms with Crippen molar-refractivity contribution < 1.29 is 4.80 Å². The van der Waals surface area contributed by atoms with Crippen LogP contribution >= 0.6 is 0 Å². The number of hydrogen-bond acceptors (Lipinski definition) is 1. The van der Waals surface area contributed by atoms with Crippen LogP contribution in [0.5, 0.6) is 0 Å². The summed E-state index contributed by atoms with van der Waals surface area (Å²) >= 11 is 0. The molecule has 0 saturated carbocycles. The van der Waals surface area contributed by atoms with Crippen LogP contribution in [-0.2, 0) is 5.41 Å². The van der Waals surface area contributed by atoms with Crippen LogP contribution in [0.2, 0.25) is 13.1 Å². The van der Waals surface area contributed by atoms with E-state index in [4.69, 9.17) is 0 Å². The summed E-state index contributed by atoms with van der Waals surface area (Å²) in [5, 5.41) is 1.10. The Balaban J connectivity index is 3.02. The molecule has 1 aromatic carbocycles. The van der Waals surface area contributed by atoms with Crippen LogP contribution in [0.4, 0.5) is 0 Å². The van der Waals surface area contributed by atoms with Gasteiger partial charge in [0.25, 0.3) is 0 Å². The Kier molecular flexibility index (Phi) is 2.88. The van der Waals surface area contributed by atoms with E-state index in [9.17, 15) is 4.80 Å². The van der Waals surface area contributed by atoms with Crippen LogP contribution in [0.15, 0.2) is 24.3 Å². The Morgan fingerprint density at radius 3 is 1.71 bits per heavy atom. The predicted octanol–water partition coefficient (Wildman–Crippen LogP) is 2.39. The van der Waals surface area contributed by atoms with E-state index in [-0.39, 0.29) is 5.41 Å². The van der Waals surface area contributed by atoms with Gasteiger partial charge >= 0.3 is 0 Å². The maximum atomic E-state index is 9.92.